The van der Waals surface area contributed by atoms with Crippen molar-refractivity contribution in [3.8, 4) is 0 Å². The summed E-state index contributed by atoms with van der Waals surface area (Å²) in [5.74, 6) is 0.617. The summed E-state index contributed by atoms with van der Waals surface area (Å²) in [5, 5.41) is 5.83. The number of piperidine rings is 1. The van der Waals surface area contributed by atoms with E-state index >= 15 is 0 Å². The maximum absolute atomic E-state index is 12.4. The lowest BCUT2D eigenvalue weighted by atomic mass is 9.97. The summed E-state index contributed by atoms with van der Waals surface area (Å²) in [6.07, 6.45) is 1.78. The summed E-state index contributed by atoms with van der Waals surface area (Å²) < 4.78 is 5.91. The molecule has 1 aliphatic rings. The zero-order valence-electron chi connectivity index (χ0n) is 13.3. The van der Waals surface area contributed by atoms with E-state index in [1.165, 1.54) is 6.92 Å². The number of thiazole rings is 1. The van der Waals surface area contributed by atoms with Crippen molar-refractivity contribution in [1.29, 1.82) is 0 Å². The molecule has 8 heteroatoms. The van der Waals surface area contributed by atoms with Gasteiger partial charge in [-0.25, -0.2) is 4.98 Å². The Balaban J connectivity index is 1.55. The van der Waals surface area contributed by atoms with Crippen molar-refractivity contribution in [1.82, 2.24) is 15.2 Å². The molecule has 1 N–H and O–H groups in total. The number of carbonyl (C=O) groups is 2. The van der Waals surface area contributed by atoms with Crippen LogP contribution in [-0.4, -0.2) is 34.8 Å². The van der Waals surface area contributed by atoms with Crippen LogP contribution in [0.3, 0.4) is 0 Å². The number of nitrogens with zero attached hydrogens (tertiary/aromatic N) is 2. The molecule has 0 aliphatic carbocycles. The maximum atomic E-state index is 12.4. The lowest BCUT2D eigenvalue weighted by Crippen LogP contribution is -2.37. The largest absolute Gasteiger partial charge is 0.444 e. The molecular formula is C16H18BrN3O3S. The van der Waals surface area contributed by atoms with Gasteiger partial charge >= 0.3 is 0 Å². The molecule has 2 amide bonds. The lowest BCUT2D eigenvalue weighted by molar-refractivity contribution is -0.119. The standard InChI is InChI=1S/C16H18BrN3O3S/c1-10(21)18-8-12-9-24-15(19-12)11-4-6-20(7-5-11)16(22)13-2-3-14(17)23-13/h2-3,9,11H,4-8H2,1H3,(H,18,21). The number of nitrogens with one attached hydrogen (secondary N) is 1. The minimum atomic E-state index is -0.0652. The molecule has 24 heavy (non-hydrogen) atoms. The molecule has 0 unspecified atom stereocenters. The topological polar surface area (TPSA) is 75.4 Å². The van der Waals surface area contributed by atoms with Crippen LogP contribution >= 0.6 is 27.3 Å². The fraction of sp³-hybridized carbons (Fsp3) is 0.438. The van der Waals surface area contributed by atoms with Crippen LogP contribution in [0.25, 0.3) is 0 Å². The third-order valence-corrected chi connectivity index (χ3v) is 5.49. The molecule has 1 aliphatic heterocycles. The first-order chi connectivity index (χ1) is 11.5. The predicted octanol–water partition coefficient (Wildman–Crippen LogP) is 3.15. The second-order valence-electron chi connectivity index (χ2n) is 5.76. The van der Waals surface area contributed by atoms with Crippen molar-refractivity contribution in [3.63, 3.8) is 0 Å². The Morgan fingerprint density at radius 3 is 2.79 bits per heavy atom. The summed E-state index contributed by atoms with van der Waals surface area (Å²) in [5.41, 5.74) is 0.893. The Morgan fingerprint density at radius 1 is 1.42 bits per heavy atom. The average Bonchev–Trinajstić information content (AvgIpc) is 3.21. The van der Waals surface area contributed by atoms with Gasteiger partial charge in [0.15, 0.2) is 10.4 Å². The maximum Gasteiger partial charge on any atom is 0.289 e. The summed E-state index contributed by atoms with van der Waals surface area (Å²) >= 11 is 4.84. The van der Waals surface area contributed by atoms with Crippen molar-refractivity contribution >= 4 is 39.1 Å². The van der Waals surface area contributed by atoms with Crippen LogP contribution in [0.1, 0.15) is 46.9 Å². The zero-order valence-corrected chi connectivity index (χ0v) is 15.7. The Labute approximate surface area is 152 Å². The van der Waals surface area contributed by atoms with Crippen molar-refractivity contribution < 1.29 is 14.0 Å². The van der Waals surface area contributed by atoms with Crippen LogP contribution < -0.4 is 5.32 Å². The van der Waals surface area contributed by atoms with E-state index in [9.17, 15) is 9.59 Å². The number of amides is 2. The Morgan fingerprint density at radius 2 is 2.17 bits per heavy atom. The second kappa shape index (κ2) is 7.48. The Bertz CT molecular complexity index is 735. The third kappa shape index (κ3) is 4.05. The number of likely N-dealkylation sites (tertiary alicyclic amines) is 1. The lowest BCUT2D eigenvalue weighted by Gasteiger charge is -2.30. The predicted molar refractivity (Wildman–Crippen MR) is 93.9 cm³/mol. The van der Waals surface area contributed by atoms with Gasteiger partial charge in [-0.3, -0.25) is 9.59 Å². The molecule has 2 aromatic heterocycles. The van der Waals surface area contributed by atoms with E-state index in [2.05, 4.69) is 26.2 Å². The van der Waals surface area contributed by atoms with E-state index in [1.807, 2.05) is 10.3 Å². The van der Waals surface area contributed by atoms with Gasteiger partial charge in [0.1, 0.15) is 0 Å². The van der Waals surface area contributed by atoms with E-state index in [1.54, 1.807) is 23.5 Å². The van der Waals surface area contributed by atoms with Gasteiger partial charge in [-0.1, -0.05) is 0 Å². The summed E-state index contributed by atoms with van der Waals surface area (Å²) in [7, 11) is 0. The quantitative estimate of drug-likeness (QED) is 0.837. The highest BCUT2D eigenvalue weighted by Gasteiger charge is 2.27. The minimum Gasteiger partial charge on any atom is -0.444 e. The molecule has 0 saturated carbocycles. The molecule has 0 aromatic carbocycles. The smallest absolute Gasteiger partial charge is 0.289 e. The van der Waals surface area contributed by atoms with E-state index < -0.39 is 0 Å². The number of halogens is 1. The molecule has 3 rings (SSSR count). The SMILES string of the molecule is CC(=O)NCc1csc(C2CCN(C(=O)c3ccc(Br)o3)CC2)n1. The van der Waals surface area contributed by atoms with Gasteiger partial charge in [0.2, 0.25) is 5.91 Å². The van der Waals surface area contributed by atoms with Gasteiger partial charge in [-0.05, 0) is 40.9 Å². The van der Waals surface area contributed by atoms with Crippen molar-refractivity contribution in [2.24, 2.45) is 0 Å². The molecule has 2 aromatic rings. The summed E-state index contributed by atoms with van der Waals surface area (Å²) in [6.45, 7) is 3.36. The Hall–Kier alpha value is -1.67. The average molecular weight is 412 g/mol. The van der Waals surface area contributed by atoms with Crippen molar-refractivity contribution in [2.75, 3.05) is 13.1 Å². The highest BCUT2D eigenvalue weighted by atomic mass is 79.9. The highest BCUT2D eigenvalue weighted by molar-refractivity contribution is 9.10. The molecule has 1 saturated heterocycles. The van der Waals surface area contributed by atoms with Gasteiger partial charge in [-0.2, -0.15) is 0 Å². The zero-order chi connectivity index (χ0) is 17.1. The van der Waals surface area contributed by atoms with Crippen molar-refractivity contribution in [2.45, 2.75) is 32.2 Å². The molecule has 1 fully saturated rings. The first-order valence-corrected chi connectivity index (χ1v) is 9.43. The van der Waals surface area contributed by atoms with Crippen LogP contribution in [0.2, 0.25) is 0 Å². The fourth-order valence-corrected chi connectivity index (χ4v) is 4.02. The van der Waals surface area contributed by atoms with Gasteiger partial charge < -0.3 is 14.6 Å². The molecule has 0 atom stereocenters. The number of carbonyl (C=O) groups excluding carboxylic acids is 2. The number of hydrogen-bond donors (Lipinski definition) is 1. The van der Waals surface area contributed by atoms with Gasteiger partial charge in [-0.15, -0.1) is 11.3 Å². The molecule has 0 bridgehead atoms. The van der Waals surface area contributed by atoms with Crippen LogP contribution in [0.15, 0.2) is 26.6 Å². The normalized spacial score (nSPS) is 15.5. The number of aromatic nitrogens is 1. The molecule has 128 valence electrons. The van der Waals surface area contributed by atoms with Crippen LogP contribution in [0, 0.1) is 0 Å². The van der Waals surface area contributed by atoms with Crippen molar-refractivity contribution in [3.05, 3.63) is 38.6 Å². The minimum absolute atomic E-state index is 0.0547. The summed E-state index contributed by atoms with van der Waals surface area (Å²) in [6, 6.07) is 3.42. The van der Waals surface area contributed by atoms with E-state index in [-0.39, 0.29) is 11.8 Å². The molecule has 3 heterocycles. The summed E-state index contributed by atoms with van der Waals surface area (Å²) in [4.78, 5) is 29.8. The number of hydrogen-bond acceptors (Lipinski definition) is 5. The monoisotopic (exact) mass is 411 g/mol. The van der Waals surface area contributed by atoms with E-state index in [0.29, 0.717) is 36.0 Å². The second-order valence-corrected chi connectivity index (χ2v) is 7.43. The van der Waals surface area contributed by atoms with E-state index in [0.717, 1.165) is 23.5 Å². The number of furan rings is 1. The van der Waals surface area contributed by atoms with E-state index in [4.69, 9.17) is 4.42 Å². The molecular weight excluding hydrogens is 394 g/mol. The fourth-order valence-electron chi connectivity index (χ4n) is 2.72. The van der Waals surface area contributed by atoms with Crippen LogP contribution in [0.4, 0.5) is 0 Å². The highest BCUT2D eigenvalue weighted by Crippen LogP contribution is 2.31. The van der Waals surface area contributed by atoms with Gasteiger partial charge in [0.05, 0.1) is 17.2 Å². The molecule has 0 radical (unpaired) electrons. The first kappa shape index (κ1) is 17.2. The first-order valence-electron chi connectivity index (χ1n) is 7.76. The molecule has 6 nitrogen and oxygen atoms in total. The van der Waals surface area contributed by atoms with Crippen LogP contribution in [-0.2, 0) is 11.3 Å². The molecule has 0 spiro atoms. The van der Waals surface area contributed by atoms with Crippen LogP contribution in [0.5, 0.6) is 0 Å². The third-order valence-electron chi connectivity index (χ3n) is 4.00. The van der Waals surface area contributed by atoms with Gasteiger partial charge in [0.25, 0.3) is 5.91 Å². The Kier molecular flexibility index (Phi) is 5.35. The van der Waals surface area contributed by atoms with Gasteiger partial charge in [0, 0.05) is 31.3 Å². The number of rotatable bonds is 4.